The molecular formula is C18H18BrNO4. The van der Waals surface area contributed by atoms with E-state index in [9.17, 15) is 9.59 Å². The van der Waals surface area contributed by atoms with E-state index >= 15 is 0 Å². The number of carbonyl (C=O) groups excluding carboxylic acids is 2. The lowest BCUT2D eigenvalue weighted by atomic mass is 10.1. The number of carbonyl (C=O) groups is 2. The summed E-state index contributed by atoms with van der Waals surface area (Å²) >= 11 is 3.30. The maximum atomic E-state index is 12.2. The Hall–Kier alpha value is -2.34. The highest BCUT2D eigenvalue weighted by Gasteiger charge is 2.15. The summed E-state index contributed by atoms with van der Waals surface area (Å²) < 4.78 is 11.2. The first-order valence-electron chi connectivity index (χ1n) is 7.28. The van der Waals surface area contributed by atoms with E-state index < -0.39 is 0 Å². The fourth-order valence-electron chi connectivity index (χ4n) is 2.15. The van der Waals surface area contributed by atoms with Crippen LogP contribution in [-0.4, -0.2) is 25.9 Å². The number of nitrogens with one attached hydrogen (secondary N) is 1. The van der Waals surface area contributed by atoms with Crippen LogP contribution in [0.3, 0.4) is 0 Å². The molecule has 24 heavy (non-hydrogen) atoms. The molecule has 2 aromatic carbocycles. The molecule has 1 amide bonds. The van der Waals surface area contributed by atoms with Gasteiger partial charge in [-0.3, -0.25) is 9.59 Å². The van der Waals surface area contributed by atoms with Gasteiger partial charge in [-0.15, -0.1) is 0 Å². The molecule has 0 heterocycles. The van der Waals surface area contributed by atoms with Gasteiger partial charge in [-0.2, -0.15) is 0 Å². The lowest BCUT2D eigenvalue weighted by Gasteiger charge is -2.14. The minimum atomic E-state index is -0.297. The van der Waals surface area contributed by atoms with Crippen molar-refractivity contribution in [3.05, 3.63) is 51.5 Å². The molecule has 0 spiro atoms. The third-order valence-electron chi connectivity index (χ3n) is 3.66. The molecule has 0 fully saturated rings. The van der Waals surface area contributed by atoms with Crippen molar-refractivity contribution in [3.8, 4) is 11.5 Å². The van der Waals surface area contributed by atoms with Crippen molar-refractivity contribution in [2.45, 2.75) is 13.8 Å². The summed E-state index contributed by atoms with van der Waals surface area (Å²) in [5.74, 6) is 0.458. The summed E-state index contributed by atoms with van der Waals surface area (Å²) in [6, 6.07) is 8.93. The monoisotopic (exact) mass is 391 g/mol. The molecule has 126 valence electrons. The van der Waals surface area contributed by atoms with Crippen LogP contribution in [0, 0.1) is 13.8 Å². The predicted octanol–water partition coefficient (Wildman–Crippen LogP) is 3.90. The second-order valence-corrected chi connectivity index (χ2v) is 6.00. The molecule has 0 aliphatic heterocycles. The number of rotatable bonds is 6. The lowest BCUT2D eigenvalue weighted by molar-refractivity contribution is -0.118. The van der Waals surface area contributed by atoms with Gasteiger partial charge in [-0.05, 0) is 59.1 Å². The number of methoxy groups -OCH3 is 1. The number of aldehydes is 1. The van der Waals surface area contributed by atoms with E-state index in [2.05, 4.69) is 21.2 Å². The van der Waals surface area contributed by atoms with Gasteiger partial charge in [0, 0.05) is 11.3 Å². The molecule has 0 unspecified atom stereocenters. The van der Waals surface area contributed by atoms with Crippen molar-refractivity contribution in [2.75, 3.05) is 19.0 Å². The van der Waals surface area contributed by atoms with Gasteiger partial charge in [-0.1, -0.05) is 12.1 Å². The van der Waals surface area contributed by atoms with Crippen LogP contribution >= 0.6 is 15.9 Å². The van der Waals surface area contributed by atoms with E-state index in [-0.39, 0.29) is 12.5 Å². The Morgan fingerprint density at radius 3 is 2.67 bits per heavy atom. The smallest absolute Gasteiger partial charge is 0.262 e. The molecule has 2 rings (SSSR count). The summed E-state index contributed by atoms with van der Waals surface area (Å²) in [5, 5.41) is 2.82. The third kappa shape index (κ3) is 3.94. The predicted molar refractivity (Wildman–Crippen MR) is 96.1 cm³/mol. The van der Waals surface area contributed by atoms with Crippen LogP contribution in [0.2, 0.25) is 0 Å². The summed E-state index contributed by atoms with van der Waals surface area (Å²) in [4.78, 5) is 23.2. The molecule has 0 saturated carbocycles. The fourth-order valence-corrected chi connectivity index (χ4v) is 2.69. The van der Waals surface area contributed by atoms with Crippen LogP contribution in [0.1, 0.15) is 21.5 Å². The summed E-state index contributed by atoms with van der Waals surface area (Å²) in [7, 11) is 1.49. The minimum Gasteiger partial charge on any atom is -0.493 e. The van der Waals surface area contributed by atoms with E-state index in [1.54, 1.807) is 12.1 Å². The molecule has 6 heteroatoms. The lowest BCUT2D eigenvalue weighted by Crippen LogP contribution is -2.21. The number of hydrogen-bond donors (Lipinski definition) is 1. The van der Waals surface area contributed by atoms with Crippen molar-refractivity contribution in [1.82, 2.24) is 0 Å². The van der Waals surface area contributed by atoms with E-state index in [0.717, 1.165) is 16.8 Å². The molecule has 0 aromatic heterocycles. The molecule has 2 aromatic rings. The van der Waals surface area contributed by atoms with E-state index in [1.807, 2.05) is 32.0 Å². The van der Waals surface area contributed by atoms with Crippen molar-refractivity contribution in [3.63, 3.8) is 0 Å². The maximum absolute atomic E-state index is 12.2. The van der Waals surface area contributed by atoms with Crippen molar-refractivity contribution in [2.24, 2.45) is 0 Å². The molecule has 0 aliphatic carbocycles. The Morgan fingerprint density at radius 1 is 1.25 bits per heavy atom. The Balaban J connectivity index is 2.12. The highest BCUT2D eigenvalue weighted by Crippen LogP contribution is 2.37. The van der Waals surface area contributed by atoms with Gasteiger partial charge in [0.1, 0.15) is 0 Å². The van der Waals surface area contributed by atoms with Crippen LogP contribution in [0.25, 0.3) is 0 Å². The number of benzene rings is 2. The average Bonchev–Trinajstić information content (AvgIpc) is 2.57. The van der Waals surface area contributed by atoms with Crippen molar-refractivity contribution >= 4 is 33.8 Å². The van der Waals surface area contributed by atoms with Gasteiger partial charge in [0.05, 0.1) is 11.6 Å². The van der Waals surface area contributed by atoms with Crippen molar-refractivity contribution < 1.29 is 19.1 Å². The Morgan fingerprint density at radius 2 is 2.00 bits per heavy atom. The van der Waals surface area contributed by atoms with Gasteiger partial charge in [0.25, 0.3) is 5.91 Å². The molecule has 0 aliphatic rings. The molecule has 0 saturated heterocycles. The van der Waals surface area contributed by atoms with E-state index in [1.165, 1.54) is 7.11 Å². The molecule has 0 bridgehead atoms. The molecule has 5 nitrogen and oxygen atoms in total. The molecule has 0 atom stereocenters. The first-order valence-corrected chi connectivity index (χ1v) is 8.07. The van der Waals surface area contributed by atoms with Crippen LogP contribution in [0.15, 0.2) is 34.8 Å². The third-order valence-corrected chi connectivity index (χ3v) is 4.48. The Kier molecular flexibility index (Phi) is 5.98. The summed E-state index contributed by atoms with van der Waals surface area (Å²) in [6.45, 7) is 3.72. The highest BCUT2D eigenvalue weighted by molar-refractivity contribution is 9.10. The van der Waals surface area contributed by atoms with Crippen LogP contribution in [0.5, 0.6) is 11.5 Å². The van der Waals surface area contributed by atoms with Crippen LogP contribution in [-0.2, 0) is 4.79 Å². The zero-order valence-electron chi connectivity index (χ0n) is 13.7. The number of amides is 1. The highest BCUT2D eigenvalue weighted by atomic mass is 79.9. The maximum Gasteiger partial charge on any atom is 0.262 e. The standard InChI is InChI=1S/C18H18BrNO4/c1-11-5-4-6-14(12(11)2)20-16(22)10-24-18-15(23-3)8-7-13(9-21)17(18)19/h4-9H,10H2,1-3H3,(H,20,22). The first-order chi connectivity index (χ1) is 11.5. The number of halogens is 1. The number of ether oxygens (including phenoxy) is 2. The summed E-state index contributed by atoms with van der Waals surface area (Å²) in [5.41, 5.74) is 3.27. The van der Waals surface area contributed by atoms with Gasteiger partial charge < -0.3 is 14.8 Å². The topological polar surface area (TPSA) is 64.6 Å². The SMILES string of the molecule is COc1ccc(C=O)c(Br)c1OCC(=O)Nc1cccc(C)c1C. The largest absolute Gasteiger partial charge is 0.493 e. The molecule has 0 radical (unpaired) electrons. The van der Waals surface area contributed by atoms with Crippen LogP contribution in [0.4, 0.5) is 5.69 Å². The van der Waals surface area contributed by atoms with Gasteiger partial charge in [0.15, 0.2) is 24.4 Å². The summed E-state index contributed by atoms with van der Waals surface area (Å²) in [6.07, 6.45) is 0.701. The van der Waals surface area contributed by atoms with Gasteiger partial charge in [0.2, 0.25) is 0 Å². The van der Waals surface area contributed by atoms with Crippen molar-refractivity contribution in [1.29, 1.82) is 0 Å². The quantitative estimate of drug-likeness (QED) is 0.758. The van der Waals surface area contributed by atoms with E-state index in [4.69, 9.17) is 9.47 Å². The average molecular weight is 392 g/mol. The van der Waals surface area contributed by atoms with Crippen LogP contribution < -0.4 is 14.8 Å². The normalized spacial score (nSPS) is 10.2. The Bertz CT molecular complexity index is 774. The fraction of sp³-hybridized carbons (Fsp3) is 0.222. The zero-order valence-corrected chi connectivity index (χ0v) is 15.3. The minimum absolute atomic E-state index is 0.204. The molecule has 1 N–H and O–H groups in total. The second-order valence-electron chi connectivity index (χ2n) is 5.20. The number of anilines is 1. The second kappa shape index (κ2) is 7.97. The van der Waals surface area contributed by atoms with Gasteiger partial charge >= 0.3 is 0 Å². The first kappa shape index (κ1) is 18.0. The molecular weight excluding hydrogens is 374 g/mol. The number of aryl methyl sites for hydroxylation is 1. The van der Waals surface area contributed by atoms with E-state index in [0.29, 0.717) is 27.8 Å². The van der Waals surface area contributed by atoms with Gasteiger partial charge in [-0.25, -0.2) is 0 Å². The number of hydrogen-bond acceptors (Lipinski definition) is 4. The zero-order chi connectivity index (χ0) is 17.7. The Labute approximate surface area is 149 Å².